The maximum absolute atomic E-state index is 12.8. The van der Waals surface area contributed by atoms with E-state index < -0.39 is 0 Å². The first-order chi connectivity index (χ1) is 12.8. The van der Waals surface area contributed by atoms with E-state index in [1.165, 1.54) is 6.20 Å². The summed E-state index contributed by atoms with van der Waals surface area (Å²) in [6, 6.07) is 9.15. The molecule has 0 saturated carbocycles. The van der Waals surface area contributed by atoms with Crippen molar-refractivity contribution in [2.24, 2.45) is 0 Å². The van der Waals surface area contributed by atoms with Gasteiger partial charge in [0.2, 0.25) is 0 Å². The van der Waals surface area contributed by atoms with Gasteiger partial charge in [-0.3, -0.25) is 9.78 Å². The van der Waals surface area contributed by atoms with Crippen molar-refractivity contribution in [2.75, 3.05) is 0 Å². The molecule has 8 nitrogen and oxygen atoms in total. The topological polar surface area (TPSA) is 91.1 Å². The summed E-state index contributed by atoms with van der Waals surface area (Å²) in [5.41, 5.74) is 1.28. The Hall–Kier alpha value is -3.81. The molecule has 0 unspecified atom stereocenters. The van der Waals surface area contributed by atoms with Gasteiger partial charge >= 0.3 is 0 Å². The van der Waals surface area contributed by atoms with Crippen LogP contribution in [0.4, 0.5) is 0 Å². The minimum Gasteiger partial charge on any atom is -0.467 e. The van der Waals surface area contributed by atoms with Crippen LogP contribution in [0.5, 0.6) is 0 Å². The predicted molar refractivity (Wildman–Crippen MR) is 93.6 cm³/mol. The lowest BCUT2D eigenvalue weighted by Gasteiger charge is -2.05. The monoisotopic (exact) mass is 344 g/mol. The molecule has 0 saturated heterocycles. The molecule has 0 spiro atoms. The van der Waals surface area contributed by atoms with E-state index in [0.717, 1.165) is 5.56 Å². The van der Waals surface area contributed by atoms with Gasteiger partial charge in [-0.1, -0.05) is 0 Å². The van der Waals surface area contributed by atoms with Gasteiger partial charge in [0.15, 0.2) is 5.82 Å². The molecule has 0 atom stereocenters. The van der Waals surface area contributed by atoms with E-state index in [4.69, 9.17) is 4.42 Å². The van der Waals surface area contributed by atoms with Crippen LogP contribution in [0.15, 0.2) is 70.6 Å². The lowest BCUT2D eigenvalue weighted by Crippen LogP contribution is -2.20. The minimum atomic E-state index is -0.160. The Bertz CT molecular complexity index is 1270. The maximum atomic E-state index is 12.8. The van der Waals surface area contributed by atoms with Gasteiger partial charge in [-0.2, -0.15) is 9.50 Å². The molecule has 5 heterocycles. The minimum absolute atomic E-state index is 0.160. The summed E-state index contributed by atoms with van der Waals surface area (Å²) in [6.07, 6.45) is 8.22. The van der Waals surface area contributed by atoms with Crippen molar-refractivity contribution in [1.82, 2.24) is 29.1 Å². The third-order valence-electron chi connectivity index (χ3n) is 4.13. The Kier molecular flexibility index (Phi) is 3.14. The summed E-state index contributed by atoms with van der Waals surface area (Å²) >= 11 is 0. The number of nitrogens with zero attached hydrogens (tertiary/aromatic N) is 6. The fourth-order valence-electron chi connectivity index (χ4n) is 2.87. The van der Waals surface area contributed by atoms with Crippen molar-refractivity contribution < 1.29 is 4.42 Å². The van der Waals surface area contributed by atoms with Gasteiger partial charge in [-0.25, -0.2) is 4.98 Å². The highest BCUT2D eigenvalue weighted by atomic mass is 16.3. The highest BCUT2D eigenvalue weighted by Crippen LogP contribution is 2.17. The number of fused-ring (bicyclic) bond motifs is 3. The molecule has 0 fully saturated rings. The SMILES string of the molecule is O=c1c2cnc3nc(-c4cccnc4)nn3c2ccn1Cc1ccco1. The van der Waals surface area contributed by atoms with E-state index in [1.807, 2.05) is 24.3 Å². The first kappa shape index (κ1) is 14.5. The Morgan fingerprint density at radius 1 is 1.12 bits per heavy atom. The summed E-state index contributed by atoms with van der Waals surface area (Å²) < 4.78 is 8.47. The molecular weight excluding hydrogens is 332 g/mol. The molecular formula is C18H12N6O2. The van der Waals surface area contributed by atoms with Crippen molar-refractivity contribution in [3.63, 3.8) is 0 Å². The molecule has 0 bridgehead atoms. The number of pyridine rings is 2. The van der Waals surface area contributed by atoms with Crippen LogP contribution >= 0.6 is 0 Å². The van der Waals surface area contributed by atoms with Crippen LogP contribution in [0.1, 0.15) is 5.76 Å². The van der Waals surface area contributed by atoms with Gasteiger partial charge in [-0.15, -0.1) is 5.10 Å². The van der Waals surface area contributed by atoms with Crippen molar-refractivity contribution in [3.05, 3.63) is 77.5 Å². The molecule has 126 valence electrons. The zero-order chi connectivity index (χ0) is 17.5. The van der Waals surface area contributed by atoms with Gasteiger partial charge in [0.05, 0.1) is 23.7 Å². The fraction of sp³-hybridized carbons (Fsp3) is 0.0556. The van der Waals surface area contributed by atoms with E-state index in [2.05, 4.69) is 20.1 Å². The van der Waals surface area contributed by atoms with Gasteiger partial charge in [0.25, 0.3) is 11.3 Å². The quantitative estimate of drug-likeness (QED) is 0.498. The van der Waals surface area contributed by atoms with Gasteiger partial charge in [0.1, 0.15) is 5.76 Å². The van der Waals surface area contributed by atoms with Crippen molar-refractivity contribution in [3.8, 4) is 11.4 Å². The maximum Gasteiger partial charge on any atom is 0.261 e. The average Bonchev–Trinajstić information content (AvgIpc) is 3.34. The van der Waals surface area contributed by atoms with Crippen LogP contribution in [0.2, 0.25) is 0 Å². The number of furan rings is 1. The molecule has 0 amide bonds. The molecule has 26 heavy (non-hydrogen) atoms. The van der Waals surface area contributed by atoms with E-state index in [-0.39, 0.29) is 5.56 Å². The molecule has 0 N–H and O–H groups in total. The van der Waals surface area contributed by atoms with Gasteiger partial charge in [-0.05, 0) is 30.3 Å². The molecule has 0 radical (unpaired) electrons. The second-order valence-corrected chi connectivity index (χ2v) is 5.77. The van der Waals surface area contributed by atoms with Gasteiger partial charge < -0.3 is 8.98 Å². The first-order valence-electron chi connectivity index (χ1n) is 7.97. The van der Waals surface area contributed by atoms with Crippen molar-refractivity contribution >= 4 is 16.7 Å². The number of hydrogen-bond donors (Lipinski definition) is 0. The molecule has 0 aliphatic rings. The number of aromatic nitrogens is 6. The van der Waals surface area contributed by atoms with Crippen molar-refractivity contribution in [2.45, 2.75) is 6.54 Å². The third kappa shape index (κ3) is 2.27. The highest BCUT2D eigenvalue weighted by molar-refractivity contribution is 5.79. The molecule has 8 heteroatoms. The fourth-order valence-corrected chi connectivity index (χ4v) is 2.87. The Labute approximate surface area is 146 Å². The van der Waals surface area contributed by atoms with Crippen LogP contribution in [-0.2, 0) is 6.54 Å². The van der Waals surface area contributed by atoms with E-state index in [1.54, 1.807) is 40.0 Å². The van der Waals surface area contributed by atoms with Gasteiger partial charge in [0, 0.05) is 30.4 Å². The van der Waals surface area contributed by atoms with E-state index >= 15 is 0 Å². The van der Waals surface area contributed by atoms with E-state index in [9.17, 15) is 4.79 Å². The molecule has 0 aliphatic heterocycles. The third-order valence-corrected chi connectivity index (χ3v) is 4.13. The Morgan fingerprint density at radius 3 is 2.88 bits per heavy atom. The molecule has 5 aromatic rings. The van der Waals surface area contributed by atoms with E-state index in [0.29, 0.717) is 34.8 Å². The second kappa shape index (κ2) is 5.62. The number of hydrogen-bond acceptors (Lipinski definition) is 6. The Morgan fingerprint density at radius 2 is 2.08 bits per heavy atom. The highest BCUT2D eigenvalue weighted by Gasteiger charge is 2.13. The van der Waals surface area contributed by atoms with Crippen LogP contribution in [0.25, 0.3) is 28.1 Å². The number of rotatable bonds is 3. The molecule has 0 aromatic carbocycles. The largest absolute Gasteiger partial charge is 0.467 e. The van der Waals surface area contributed by atoms with Crippen LogP contribution in [0, 0.1) is 0 Å². The zero-order valence-corrected chi connectivity index (χ0v) is 13.5. The normalized spacial score (nSPS) is 11.4. The summed E-state index contributed by atoms with van der Waals surface area (Å²) in [5.74, 6) is 1.65. The summed E-state index contributed by atoms with van der Waals surface area (Å²) in [4.78, 5) is 25.6. The first-order valence-corrected chi connectivity index (χ1v) is 7.97. The smallest absolute Gasteiger partial charge is 0.261 e. The zero-order valence-electron chi connectivity index (χ0n) is 13.5. The van der Waals surface area contributed by atoms with Crippen LogP contribution in [0.3, 0.4) is 0 Å². The summed E-state index contributed by atoms with van der Waals surface area (Å²) in [6.45, 7) is 0.359. The van der Waals surface area contributed by atoms with Crippen molar-refractivity contribution in [1.29, 1.82) is 0 Å². The second-order valence-electron chi connectivity index (χ2n) is 5.77. The molecule has 5 rings (SSSR count). The van der Waals surface area contributed by atoms with Crippen LogP contribution in [-0.4, -0.2) is 29.1 Å². The summed E-state index contributed by atoms with van der Waals surface area (Å²) in [7, 11) is 0. The van der Waals surface area contributed by atoms with Crippen LogP contribution < -0.4 is 5.56 Å². The Balaban J connectivity index is 1.67. The lowest BCUT2D eigenvalue weighted by molar-refractivity contribution is 0.490. The predicted octanol–water partition coefficient (Wildman–Crippen LogP) is 2.14. The molecule has 0 aliphatic carbocycles. The standard InChI is InChI=1S/C18H12N6O2/c25-17-14-10-20-18-21-16(12-3-1-6-19-9-12)22-24(18)15(14)5-7-23(17)11-13-4-2-8-26-13/h1-10H,11H2. The molecule has 5 aromatic heterocycles. The average molecular weight is 344 g/mol. The summed E-state index contributed by atoms with van der Waals surface area (Å²) in [5, 5.41) is 4.96. The lowest BCUT2D eigenvalue weighted by atomic mass is 10.3.